The largest absolute Gasteiger partial charge is 0.321 e. The molecule has 0 atom stereocenters. The van der Waals surface area contributed by atoms with Gasteiger partial charge in [-0.15, -0.1) is 0 Å². The summed E-state index contributed by atoms with van der Waals surface area (Å²) in [6, 6.07) is 17.0. The van der Waals surface area contributed by atoms with Crippen molar-refractivity contribution in [3.05, 3.63) is 71.3 Å². The van der Waals surface area contributed by atoms with Crippen LogP contribution in [-0.4, -0.2) is 26.6 Å². The molecule has 0 saturated carbocycles. The molecule has 5 rings (SSSR count). The van der Waals surface area contributed by atoms with Gasteiger partial charge in [-0.3, -0.25) is 9.10 Å². The number of carbonyl (C=O) groups is 1. The molecule has 0 radical (unpaired) electrons. The van der Waals surface area contributed by atoms with Gasteiger partial charge >= 0.3 is 0 Å². The number of hydrogen-bond acceptors (Lipinski definition) is 3. The number of benzene rings is 3. The van der Waals surface area contributed by atoms with Crippen LogP contribution in [0.3, 0.4) is 0 Å². The van der Waals surface area contributed by atoms with Crippen molar-refractivity contribution in [1.82, 2.24) is 0 Å². The summed E-state index contributed by atoms with van der Waals surface area (Å²) < 4.78 is 25.5. The number of nitrogens with one attached hydrogen (secondary N) is 1. The van der Waals surface area contributed by atoms with Crippen LogP contribution in [0.25, 0.3) is 10.8 Å². The quantitative estimate of drug-likeness (QED) is 0.739. The van der Waals surface area contributed by atoms with Crippen molar-refractivity contribution in [3.8, 4) is 0 Å². The highest BCUT2D eigenvalue weighted by atomic mass is 32.2. The normalized spacial score (nSPS) is 17.2. The summed E-state index contributed by atoms with van der Waals surface area (Å²) in [5, 5.41) is 5.35. The highest BCUT2D eigenvalue weighted by Crippen LogP contribution is 2.35. The molecule has 0 unspecified atom stereocenters. The highest BCUT2D eigenvalue weighted by Gasteiger charge is 2.28. The van der Waals surface area contributed by atoms with Crippen LogP contribution in [-0.2, 0) is 22.9 Å². The number of amides is 1. The molecular weight excluding hydrogens is 372 g/mol. The molecule has 1 N–H and O–H groups in total. The fourth-order valence-electron chi connectivity index (χ4n) is 4.26. The number of sulfonamides is 1. The molecule has 1 saturated heterocycles. The number of nitrogens with zero attached hydrogens (tertiary/aromatic N) is 1. The predicted molar refractivity (Wildman–Crippen MR) is 112 cm³/mol. The third kappa shape index (κ3) is 2.76. The number of rotatable bonds is 3. The lowest BCUT2D eigenvalue weighted by Crippen LogP contribution is -2.25. The molecule has 1 aliphatic carbocycles. The first kappa shape index (κ1) is 17.3. The third-order valence-corrected chi connectivity index (χ3v) is 7.51. The van der Waals surface area contributed by atoms with Gasteiger partial charge in [0, 0.05) is 23.2 Å². The Kier molecular flexibility index (Phi) is 3.91. The molecule has 142 valence electrons. The third-order valence-electron chi connectivity index (χ3n) is 5.64. The average Bonchev–Trinajstić information content (AvgIpc) is 3.28. The van der Waals surface area contributed by atoms with E-state index in [1.54, 1.807) is 24.3 Å². The maximum Gasteiger partial charge on any atom is 0.255 e. The van der Waals surface area contributed by atoms with Crippen LogP contribution < -0.4 is 9.62 Å². The van der Waals surface area contributed by atoms with Crippen LogP contribution in [0.5, 0.6) is 0 Å². The van der Waals surface area contributed by atoms with Gasteiger partial charge in [0.2, 0.25) is 10.0 Å². The van der Waals surface area contributed by atoms with Crippen molar-refractivity contribution in [2.45, 2.75) is 19.3 Å². The monoisotopic (exact) mass is 392 g/mol. The van der Waals surface area contributed by atoms with Gasteiger partial charge in [0.1, 0.15) is 0 Å². The Labute approximate surface area is 164 Å². The molecule has 3 aromatic rings. The van der Waals surface area contributed by atoms with E-state index in [1.165, 1.54) is 20.8 Å². The maximum atomic E-state index is 12.8. The summed E-state index contributed by atoms with van der Waals surface area (Å²) in [4.78, 5) is 12.8. The van der Waals surface area contributed by atoms with Crippen molar-refractivity contribution in [1.29, 1.82) is 0 Å². The first-order valence-electron chi connectivity index (χ1n) is 9.48. The predicted octanol–water partition coefficient (Wildman–Crippen LogP) is 3.73. The van der Waals surface area contributed by atoms with E-state index in [0.717, 1.165) is 23.9 Å². The molecule has 1 aliphatic heterocycles. The first-order chi connectivity index (χ1) is 13.5. The fraction of sp³-hybridized carbons (Fsp3) is 0.227. The van der Waals surface area contributed by atoms with Gasteiger partial charge in [-0.1, -0.05) is 24.3 Å². The molecule has 6 heteroatoms. The van der Waals surface area contributed by atoms with E-state index in [-0.39, 0.29) is 11.7 Å². The standard InChI is InChI=1S/C22H20N2O3S/c25-22(17-7-10-18(11-8-17)24-13-2-14-28(24,26)27)23-20-12-9-16-6-5-15-3-1-4-19(20)21(15)16/h1,3-4,7-12H,2,5-6,13-14H2,(H,23,25). The number of carbonyl (C=O) groups excluding carboxylic acids is 1. The minimum atomic E-state index is -3.22. The molecule has 0 spiro atoms. The number of anilines is 2. The van der Waals surface area contributed by atoms with Crippen molar-refractivity contribution < 1.29 is 13.2 Å². The van der Waals surface area contributed by atoms with Crippen LogP contribution in [0.15, 0.2) is 54.6 Å². The van der Waals surface area contributed by atoms with Crippen molar-refractivity contribution in [3.63, 3.8) is 0 Å². The zero-order chi connectivity index (χ0) is 19.3. The molecule has 0 bridgehead atoms. The van der Waals surface area contributed by atoms with E-state index in [1.807, 2.05) is 18.2 Å². The first-order valence-corrected chi connectivity index (χ1v) is 11.1. The van der Waals surface area contributed by atoms with Crippen LogP contribution in [0.1, 0.15) is 27.9 Å². The van der Waals surface area contributed by atoms with Gasteiger partial charge in [-0.05, 0) is 66.1 Å². The summed E-state index contributed by atoms with van der Waals surface area (Å²) in [7, 11) is -3.22. The molecular formula is C22H20N2O3S. The lowest BCUT2D eigenvalue weighted by atomic mass is 10.0. The van der Waals surface area contributed by atoms with Crippen molar-refractivity contribution in [2.24, 2.45) is 0 Å². The lowest BCUT2D eigenvalue weighted by molar-refractivity contribution is 0.102. The molecule has 3 aromatic carbocycles. The van der Waals surface area contributed by atoms with Gasteiger partial charge in [0.25, 0.3) is 5.91 Å². The van der Waals surface area contributed by atoms with Crippen molar-refractivity contribution in [2.75, 3.05) is 21.9 Å². The Morgan fingerprint density at radius 2 is 1.68 bits per heavy atom. The average molecular weight is 392 g/mol. The highest BCUT2D eigenvalue weighted by molar-refractivity contribution is 7.93. The summed E-state index contributed by atoms with van der Waals surface area (Å²) >= 11 is 0. The van der Waals surface area contributed by atoms with Crippen LogP contribution in [0.4, 0.5) is 11.4 Å². The number of aryl methyl sites for hydroxylation is 2. The van der Waals surface area contributed by atoms with Crippen LogP contribution in [0, 0.1) is 0 Å². The second kappa shape index (κ2) is 6.34. The second-order valence-electron chi connectivity index (χ2n) is 7.35. The zero-order valence-corrected chi connectivity index (χ0v) is 16.1. The Bertz CT molecular complexity index is 1190. The van der Waals surface area contributed by atoms with Crippen LogP contribution in [0.2, 0.25) is 0 Å². The van der Waals surface area contributed by atoms with Crippen molar-refractivity contribution >= 4 is 38.1 Å². The Balaban J connectivity index is 1.42. The van der Waals surface area contributed by atoms with Gasteiger partial charge < -0.3 is 5.32 Å². The lowest BCUT2D eigenvalue weighted by Gasteiger charge is -2.17. The fourth-order valence-corrected chi connectivity index (χ4v) is 5.82. The van der Waals surface area contributed by atoms with E-state index < -0.39 is 10.0 Å². The molecule has 1 fully saturated rings. The molecule has 0 aromatic heterocycles. The minimum absolute atomic E-state index is 0.181. The minimum Gasteiger partial charge on any atom is -0.321 e. The Morgan fingerprint density at radius 1 is 0.929 bits per heavy atom. The van der Waals surface area contributed by atoms with E-state index in [9.17, 15) is 13.2 Å². The summed E-state index contributed by atoms with van der Waals surface area (Å²) in [5.74, 6) is -0.0187. The van der Waals surface area contributed by atoms with E-state index >= 15 is 0 Å². The van der Waals surface area contributed by atoms with E-state index in [2.05, 4.69) is 17.4 Å². The smallest absolute Gasteiger partial charge is 0.255 e. The maximum absolute atomic E-state index is 12.8. The SMILES string of the molecule is O=C(Nc1ccc2c3c(cccc13)CC2)c1ccc(N2CCCS2(=O)=O)cc1. The van der Waals surface area contributed by atoms with E-state index in [0.29, 0.717) is 24.2 Å². The molecule has 2 aliphatic rings. The molecule has 5 nitrogen and oxygen atoms in total. The van der Waals surface area contributed by atoms with Gasteiger partial charge in [-0.2, -0.15) is 0 Å². The molecule has 28 heavy (non-hydrogen) atoms. The number of hydrogen-bond donors (Lipinski definition) is 1. The van der Waals surface area contributed by atoms with E-state index in [4.69, 9.17) is 0 Å². The molecule has 1 amide bonds. The summed E-state index contributed by atoms with van der Waals surface area (Å²) in [6.07, 6.45) is 2.73. The Morgan fingerprint density at radius 3 is 2.39 bits per heavy atom. The topological polar surface area (TPSA) is 66.5 Å². The zero-order valence-electron chi connectivity index (χ0n) is 15.3. The van der Waals surface area contributed by atoms with Gasteiger partial charge in [-0.25, -0.2) is 8.42 Å². The van der Waals surface area contributed by atoms with Gasteiger partial charge in [0.15, 0.2) is 0 Å². The summed E-state index contributed by atoms with van der Waals surface area (Å²) in [6.45, 7) is 0.495. The second-order valence-corrected chi connectivity index (χ2v) is 9.37. The Hall–Kier alpha value is -2.86. The van der Waals surface area contributed by atoms with Crippen LogP contribution >= 0.6 is 0 Å². The summed E-state index contributed by atoms with van der Waals surface area (Å²) in [5.41, 5.74) is 4.58. The van der Waals surface area contributed by atoms with Gasteiger partial charge in [0.05, 0.1) is 11.4 Å². The molecule has 1 heterocycles.